The Morgan fingerprint density at radius 2 is 2.00 bits per heavy atom. The lowest BCUT2D eigenvalue weighted by molar-refractivity contribution is 0.372. The van der Waals surface area contributed by atoms with Crippen molar-refractivity contribution in [3.05, 3.63) is 23.9 Å². The van der Waals surface area contributed by atoms with Gasteiger partial charge in [-0.3, -0.25) is 0 Å². The maximum Gasteiger partial charge on any atom is 0.128 e. The molecule has 3 nitrogen and oxygen atoms in total. The van der Waals surface area contributed by atoms with E-state index in [4.69, 9.17) is 0 Å². The number of pyridine rings is 1. The second kappa shape index (κ2) is 5.27. The first-order valence-corrected chi connectivity index (χ1v) is 7.23. The van der Waals surface area contributed by atoms with Crippen LogP contribution >= 0.6 is 0 Å². The second-order valence-electron chi connectivity index (χ2n) is 5.77. The third kappa shape index (κ3) is 2.83. The van der Waals surface area contributed by atoms with Gasteiger partial charge in [-0.05, 0) is 63.2 Å². The Hall–Kier alpha value is -1.09. The van der Waals surface area contributed by atoms with Crippen LogP contribution in [0.5, 0.6) is 0 Å². The van der Waals surface area contributed by atoms with Crippen molar-refractivity contribution in [2.75, 3.05) is 24.5 Å². The van der Waals surface area contributed by atoms with Crippen molar-refractivity contribution in [1.29, 1.82) is 0 Å². The molecule has 1 aliphatic heterocycles. The van der Waals surface area contributed by atoms with Crippen LogP contribution in [0.2, 0.25) is 0 Å². The highest BCUT2D eigenvalue weighted by molar-refractivity contribution is 5.42. The third-order valence-corrected chi connectivity index (χ3v) is 4.09. The lowest BCUT2D eigenvalue weighted by atomic mass is 9.97. The van der Waals surface area contributed by atoms with Crippen LogP contribution in [-0.4, -0.2) is 30.7 Å². The summed E-state index contributed by atoms with van der Waals surface area (Å²) in [5, 5.41) is 3.45. The van der Waals surface area contributed by atoms with E-state index in [0.29, 0.717) is 0 Å². The predicted molar refractivity (Wildman–Crippen MR) is 74.9 cm³/mol. The summed E-state index contributed by atoms with van der Waals surface area (Å²) in [5.74, 6) is 2.02. The fourth-order valence-electron chi connectivity index (χ4n) is 2.79. The van der Waals surface area contributed by atoms with Gasteiger partial charge >= 0.3 is 0 Å². The van der Waals surface area contributed by atoms with E-state index in [0.717, 1.165) is 12.0 Å². The zero-order valence-electron chi connectivity index (χ0n) is 11.2. The molecule has 98 valence electrons. The van der Waals surface area contributed by atoms with Crippen molar-refractivity contribution in [3.63, 3.8) is 0 Å². The zero-order valence-corrected chi connectivity index (χ0v) is 11.2. The van der Waals surface area contributed by atoms with E-state index in [1.54, 1.807) is 0 Å². The molecule has 1 saturated carbocycles. The van der Waals surface area contributed by atoms with Gasteiger partial charge < -0.3 is 10.2 Å². The molecule has 0 spiro atoms. The van der Waals surface area contributed by atoms with Crippen molar-refractivity contribution in [1.82, 2.24) is 10.3 Å². The number of piperidine rings is 1. The van der Waals surface area contributed by atoms with E-state index in [9.17, 15) is 0 Å². The second-order valence-corrected chi connectivity index (χ2v) is 5.77. The van der Waals surface area contributed by atoms with E-state index < -0.39 is 0 Å². The minimum absolute atomic E-state index is 0.759. The molecule has 2 aliphatic rings. The molecule has 3 rings (SSSR count). The number of anilines is 1. The van der Waals surface area contributed by atoms with Crippen LogP contribution in [0.1, 0.15) is 31.2 Å². The van der Waals surface area contributed by atoms with Crippen molar-refractivity contribution >= 4 is 5.82 Å². The number of hydrogen-bond donors (Lipinski definition) is 1. The molecule has 1 aromatic heterocycles. The summed E-state index contributed by atoms with van der Waals surface area (Å²) in [6.07, 6.45) is 7.32. The SMILES string of the molecule is Cc1ccc(N(CC2CCNCC2)C2CC2)nc1. The largest absolute Gasteiger partial charge is 0.353 e. The highest BCUT2D eigenvalue weighted by Crippen LogP contribution is 2.32. The summed E-state index contributed by atoms with van der Waals surface area (Å²) in [7, 11) is 0. The standard InChI is InChI=1S/C15H23N3/c1-12-2-5-15(17-10-12)18(14-3-4-14)11-13-6-8-16-9-7-13/h2,5,10,13-14,16H,3-4,6-9,11H2,1H3. The molecule has 0 bridgehead atoms. The van der Waals surface area contributed by atoms with Crippen LogP contribution in [0.4, 0.5) is 5.82 Å². The van der Waals surface area contributed by atoms with E-state index >= 15 is 0 Å². The first kappa shape index (κ1) is 12.0. The molecule has 0 amide bonds. The number of nitrogens with one attached hydrogen (secondary N) is 1. The summed E-state index contributed by atoms with van der Waals surface area (Å²) < 4.78 is 0. The first-order valence-electron chi connectivity index (χ1n) is 7.23. The molecule has 2 fully saturated rings. The fraction of sp³-hybridized carbons (Fsp3) is 0.667. The fourth-order valence-corrected chi connectivity index (χ4v) is 2.79. The van der Waals surface area contributed by atoms with Gasteiger partial charge in [-0.2, -0.15) is 0 Å². The Kier molecular flexibility index (Phi) is 3.50. The predicted octanol–water partition coefficient (Wildman–Crippen LogP) is 2.36. The Balaban J connectivity index is 1.69. The minimum Gasteiger partial charge on any atom is -0.353 e. The molecule has 0 atom stereocenters. The molecule has 1 saturated heterocycles. The van der Waals surface area contributed by atoms with Gasteiger partial charge in [-0.15, -0.1) is 0 Å². The summed E-state index contributed by atoms with van der Waals surface area (Å²) in [6, 6.07) is 5.13. The van der Waals surface area contributed by atoms with Crippen LogP contribution in [-0.2, 0) is 0 Å². The van der Waals surface area contributed by atoms with Gasteiger partial charge in [0.1, 0.15) is 5.82 Å². The average molecular weight is 245 g/mol. The summed E-state index contributed by atoms with van der Waals surface area (Å²) >= 11 is 0. The van der Waals surface area contributed by atoms with E-state index in [-0.39, 0.29) is 0 Å². The maximum atomic E-state index is 4.62. The monoisotopic (exact) mass is 245 g/mol. The highest BCUT2D eigenvalue weighted by atomic mass is 15.2. The van der Waals surface area contributed by atoms with Gasteiger partial charge in [0, 0.05) is 18.8 Å². The molecule has 1 N–H and O–H groups in total. The maximum absolute atomic E-state index is 4.62. The van der Waals surface area contributed by atoms with E-state index in [2.05, 4.69) is 34.3 Å². The van der Waals surface area contributed by atoms with Crippen LogP contribution in [0.3, 0.4) is 0 Å². The molecule has 0 unspecified atom stereocenters. The number of aromatic nitrogens is 1. The van der Waals surface area contributed by atoms with Crippen LogP contribution in [0.15, 0.2) is 18.3 Å². The molecule has 18 heavy (non-hydrogen) atoms. The molecule has 3 heteroatoms. The number of rotatable bonds is 4. The number of nitrogens with zero attached hydrogens (tertiary/aromatic N) is 2. The number of aryl methyl sites for hydroxylation is 1. The Morgan fingerprint density at radius 1 is 1.22 bits per heavy atom. The van der Waals surface area contributed by atoms with Gasteiger partial charge in [0.05, 0.1) is 0 Å². The molecule has 1 aliphatic carbocycles. The van der Waals surface area contributed by atoms with Crippen molar-refractivity contribution in [2.24, 2.45) is 5.92 Å². The first-order chi connectivity index (χ1) is 8.83. The van der Waals surface area contributed by atoms with Gasteiger partial charge in [0.25, 0.3) is 0 Å². The molecule has 0 aromatic carbocycles. The summed E-state index contributed by atoms with van der Waals surface area (Å²) in [6.45, 7) is 5.67. The van der Waals surface area contributed by atoms with Gasteiger partial charge in [-0.25, -0.2) is 4.98 Å². The van der Waals surface area contributed by atoms with Gasteiger partial charge in [0.15, 0.2) is 0 Å². The normalized spacial score (nSPS) is 20.9. The molecular weight excluding hydrogens is 222 g/mol. The van der Waals surface area contributed by atoms with Gasteiger partial charge in [0.2, 0.25) is 0 Å². The Labute approximate surface area is 110 Å². The Bertz CT molecular complexity index is 377. The van der Waals surface area contributed by atoms with Gasteiger partial charge in [-0.1, -0.05) is 6.07 Å². The minimum atomic E-state index is 0.759. The van der Waals surface area contributed by atoms with Crippen molar-refractivity contribution in [2.45, 2.75) is 38.6 Å². The molecular formula is C15H23N3. The van der Waals surface area contributed by atoms with Crippen molar-refractivity contribution < 1.29 is 0 Å². The quantitative estimate of drug-likeness (QED) is 0.882. The Morgan fingerprint density at radius 3 is 2.61 bits per heavy atom. The molecule has 2 heterocycles. The topological polar surface area (TPSA) is 28.2 Å². The zero-order chi connectivity index (χ0) is 12.4. The highest BCUT2D eigenvalue weighted by Gasteiger charge is 2.31. The summed E-state index contributed by atoms with van der Waals surface area (Å²) in [4.78, 5) is 7.17. The van der Waals surface area contributed by atoms with Crippen molar-refractivity contribution in [3.8, 4) is 0 Å². The summed E-state index contributed by atoms with van der Waals surface area (Å²) in [5.41, 5.74) is 1.25. The van der Waals surface area contributed by atoms with E-state index in [1.165, 1.54) is 56.7 Å². The lowest BCUT2D eigenvalue weighted by Gasteiger charge is -2.31. The van der Waals surface area contributed by atoms with Crippen LogP contribution < -0.4 is 10.2 Å². The van der Waals surface area contributed by atoms with Crippen LogP contribution in [0.25, 0.3) is 0 Å². The number of hydrogen-bond acceptors (Lipinski definition) is 3. The molecule has 0 radical (unpaired) electrons. The smallest absolute Gasteiger partial charge is 0.128 e. The van der Waals surface area contributed by atoms with Crippen LogP contribution in [0, 0.1) is 12.8 Å². The third-order valence-electron chi connectivity index (χ3n) is 4.09. The van der Waals surface area contributed by atoms with E-state index in [1.807, 2.05) is 6.20 Å². The molecule has 1 aromatic rings. The lowest BCUT2D eigenvalue weighted by Crippen LogP contribution is -2.37. The average Bonchev–Trinajstić information content (AvgIpc) is 3.23.